The van der Waals surface area contributed by atoms with Crippen LogP contribution in [0.2, 0.25) is 0 Å². The number of hydrogen-bond donors (Lipinski definition) is 1. The van der Waals surface area contributed by atoms with Crippen LogP contribution in [0.4, 0.5) is 29.3 Å². The third kappa shape index (κ3) is 5.13. The second-order valence-corrected chi connectivity index (χ2v) is 9.13. The van der Waals surface area contributed by atoms with Crippen LogP contribution in [0.1, 0.15) is 37.5 Å². The third-order valence-electron chi connectivity index (χ3n) is 5.19. The first kappa shape index (κ1) is 22.7. The predicted octanol–water partition coefficient (Wildman–Crippen LogP) is 6.10. The van der Waals surface area contributed by atoms with E-state index in [4.69, 9.17) is 4.74 Å². The molecule has 0 fully saturated rings. The number of ether oxygens (including phenoxy) is 1. The molecular formula is C24H25F3N4O2. The summed E-state index contributed by atoms with van der Waals surface area (Å²) in [6.45, 7) is 6.25. The van der Waals surface area contributed by atoms with E-state index in [1.807, 2.05) is 50.7 Å². The molecule has 0 saturated carbocycles. The van der Waals surface area contributed by atoms with E-state index in [0.29, 0.717) is 30.2 Å². The van der Waals surface area contributed by atoms with E-state index in [-0.39, 0.29) is 0 Å². The number of fused-ring (bicyclic) bond motifs is 1. The van der Waals surface area contributed by atoms with Crippen LogP contribution in [0, 0.1) is 0 Å². The van der Waals surface area contributed by atoms with E-state index in [1.165, 1.54) is 12.1 Å². The summed E-state index contributed by atoms with van der Waals surface area (Å²) in [4.78, 5) is 18.6. The van der Waals surface area contributed by atoms with Gasteiger partial charge >= 0.3 is 12.3 Å². The maximum Gasteiger partial charge on any atom is 0.416 e. The van der Waals surface area contributed by atoms with Gasteiger partial charge in [0.05, 0.1) is 17.6 Å². The highest BCUT2D eigenvalue weighted by Gasteiger charge is 2.31. The summed E-state index contributed by atoms with van der Waals surface area (Å²) >= 11 is 0. The minimum Gasteiger partial charge on any atom is -0.444 e. The summed E-state index contributed by atoms with van der Waals surface area (Å²) in [5.41, 5.74) is 3.32. The van der Waals surface area contributed by atoms with Crippen molar-refractivity contribution in [3.63, 3.8) is 0 Å². The number of alkyl halides is 3. The maximum absolute atomic E-state index is 12.9. The van der Waals surface area contributed by atoms with E-state index in [0.717, 1.165) is 28.8 Å². The lowest BCUT2D eigenvalue weighted by Gasteiger charge is -2.24. The van der Waals surface area contributed by atoms with Gasteiger partial charge < -0.3 is 14.6 Å². The van der Waals surface area contributed by atoms with Crippen molar-refractivity contribution in [3.05, 3.63) is 65.6 Å². The fraction of sp³-hybridized carbons (Fsp3) is 0.333. The van der Waals surface area contributed by atoms with Crippen molar-refractivity contribution in [1.29, 1.82) is 0 Å². The van der Waals surface area contributed by atoms with Gasteiger partial charge in [-0.1, -0.05) is 0 Å². The number of nitrogens with zero attached hydrogens (tertiary/aromatic N) is 3. The smallest absolute Gasteiger partial charge is 0.416 e. The molecule has 1 aromatic heterocycles. The van der Waals surface area contributed by atoms with Crippen molar-refractivity contribution in [2.75, 3.05) is 5.32 Å². The van der Waals surface area contributed by atoms with Gasteiger partial charge in [-0.25, -0.2) is 9.78 Å². The van der Waals surface area contributed by atoms with E-state index in [1.54, 1.807) is 11.2 Å². The summed E-state index contributed by atoms with van der Waals surface area (Å²) in [7, 11) is 1.86. The topological polar surface area (TPSA) is 59.4 Å². The standard InChI is InChI=1S/C24H25F3N4O2/c1-23(2,3)33-22(32)31-11-15-9-19(21-13-30(4)14-28-21)20(10-16(15)12-31)29-18-7-5-17(6-8-18)24(25,26)27/h5-10,13-14,29H,11-12H2,1-4H3. The second-order valence-electron chi connectivity index (χ2n) is 9.13. The number of anilines is 2. The number of amides is 1. The van der Waals surface area contributed by atoms with Gasteiger partial charge in [-0.3, -0.25) is 4.90 Å². The molecule has 2 aromatic carbocycles. The third-order valence-corrected chi connectivity index (χ3v) is 5.19. The van der Waals surface area contributed by atoms with Crippen LogP contribution in [0.25, 0.3) is 11.3 Å². The zero-order valence-electron chi connectivity index (χ0n) is 18.8. The second kappa shape index (κ2) is 8.13. The Bertz CT molecular complexity index is 1180. The highest BCUT2D eigenvalue weighted by molar-refractivity contribution is 5.81. The largest absolute Gasteiger partial charge is 0.444 e. The highest BCUT2D eigenvalue weighted by atomic mass is 19.4. The SMILES string of the molecule is Cn1cnc(-c2cc3c(cc2Nc2ccc(C(F)(F)F)cc2)CN(C(=O)OC(C)(C)C)C3)c1. The van der Waals surface area contributed by atoms with Crippen LogP contribution in [-0.4, -0.2) is 26.1 Å². The van der Waals surface area contributed by atoms with Gasteiger partial charge in [0.15, 0.2) is 0 Å². The van der Waals surface area contributed by atoms with Gasteiger partial charge in [0.2, 0.25) is 0 Å². The first-order valence-electron chi connectivity index (χ1n) is 10.5. The molecule has 174 valence electrons. The van der Waals surface area contributed by atoms with Crippen molar-refractivity contribution in [3.8, 4) is 11.3 Å². The fourth-order valence-electron chi connectivity index (χ4n) is 3.67. The summed E-state index contributed by atoms with van der Waals surface area (Å²) < 4.78 is 46.1. The number of halogens is 3. The molecule has 9 heteroatoms. The number of carbonyl (C=O) groups is 1. The molecule has 3 aromatic rings. The number of rotatable bonds is 3. The molecule has 1 aliphatic heterocycles. The highest BCUT2D eigenvalue weighted by Crippen LogP contribution is 2.37. The van der Waals surface area contributed by atoms with E-state index in [2.05, 4.69) is 10.3 Å². The first-order valence-corrected chi connectivity index (χ1v) is 10.5. The van der Waals surface area contributed by atoms with Gasteiger partial charge in [0.1, 0.15) is 5.60 Å². The molecule has 0 unspecified atom stereocenters. The lowest BCUT2D eigenvalue weighted by molar-refractivity contribution is -0.137. The number of imidazole rings is 1. The predicted molar refractivity (Wildman–Crippen MR) is 119 cm³/mol. The molecule has 0 atom stereocenters. The van der Waals surface area contributed by atoms with Crippen LogP contribution in [0.15, 0.2) is 48.9 Å². The molecule has 1 N–H and O–H groups in total. The average molecular weight is 458 g/mol. The summed E-state index contributed by atoms with van der Waals surface area (Å²) in [5, 5.41) is 3.22. The molecule has 6 nitrogen and oxygen atoms in total. The Labute approximate surface area is 190 Å². The fourth-order valence-corrected chi connectivity index (χ4v) is 3.67. The van der Waals surface area contributed by atoms with Crippen LogP contribution in [0.3, 0.4) is 0 Å². The van der Waals surface area contributed by atoms with E-state index in [9.17, 15) is 18.0 Å². The Balaban J connectivity index is 1.66. The molecule has 0 aliphatic carbocycles. The normalized spacial score (nSPS) is 13.7. The molecule has 0 bridgehead atoms. The quantitative estimate of drug-likeness (QED) is 0.515. The Morgan fingerprint density at radius 2 is 1.70 bits per heavy atom. The van der Waals surface area contributed by atoms with Crippen molar-refractivity contribution in [2.24, 2.45) is 7.05 Å². The van der Waals surface area contributed by atoms with Gasteiger partial charge in [-0.05, 0) is 68.3 Å². The Morgan fingerprint density at radius 3 is 2.24 bits per heavy atom. The van der Waals surface area contributed by atoms with Crippen LogP contribution < -0.4 is 5.32 Å². The molecule has 4 rings (SSSR count). The van der Waals surface area contributed by atoms with Crippen LogP contribution >= 0.6 is 0 Å². The molecule has 0 saturated heterocycles. The molecule has 0 spiro atoms. The molecule has 1 aliphatic rings. The lowest BCUT2D eigenvalue weighted by Crippen LogP contribution is -2.33. The summed E-state index contributed by atoms with van der Waals surface area (Å²) in [6.07, 6.45) is -1.25. The van der Waals surface area contributed by atoms with Gasteiger partial charge in [0, 0.05) is 43.3 Å². The minimum absolute atomic E-state index is 0.383. The van der Waals surface area contributed by atoms with Crippen LogP contribution in [0.5, 0.6) is 0 Å². The average Bonchev–Trinajstić information content (AvgIpc) is 3.31. The first-order chi connectivity index (χ1) is 15.4. The van der Waals surface area contributed by atoms with E-state index >= 15 is 0 Å². The molecule has 33 heavy (non-hydrogen) atoms. The maximum atomic E-state index is 12.9. The zero-order valence-corrected chi connectivity index (χ0v) is 18.8. The minimum atomic E-state index is -4.39. The van der Waals surface area contributed by atoms with Crippen molar-refractivity contribution < 1.29 is 22.7 Å². The number of aromatic nitrogens is 2. The Hall–Kier alpha value is -3.49. The summed E-state index contributed by atoms with van der Waals surface area (Å²) in [6, 6.07) is 8.76. The molecular weight excluding hydrogens is 433 g/mol. The number of carbonyl (C=O) groups excluding carboxylic acids is 1. The molecule has 2 heterocycles. The number of aryl methyl sites for hydroxylation is 1. The lowest BCUT2D eigenvalue weighted by atomic mass is 10.0. The van der Waals surface area contributed by atoms with Crippen molar-refractivity contribution in [2.45, 2.75) is 45.6 Å². The number of hydrogen-bond acceptors (Lipinski definition) is 4. The number of benzene rings is 2. The molecule has 0 radical (unpaired) electrons. The Morgan fingerprint density at radius 1 is 1.06 bits per heavy atom. The van der Waals surface area contributed by atoms with Gasteiger partial charge in [-0.15, -0.1) is 0 Å². The van der Waals surface area contributed by atoms with Gasteiger partial charge in [0.25, 0.3) is 0 Å². The number of nitrogens with one attached hydrogen (secondary N) is 1. The van der Waals surface area contributed by atoms with Crippen LogP contribution in [-0.2, 0) is 31.1 Å². The van der Waals surface area contributed by atoms with Gasteiger partial charge in [-0.2, -0.15) is 13.2 Å². The monoisotopic (exact) mass is 458 g/mol. The van der Waals surface area contributed by atoms with Crippen molar-refractivity contribution in [1.82, 2.24) is 14.5 Å². The summed E-state index contributed by atoms with van der Waals surface area (Å²) in [5.74, 6) is 0. The zero-order chi connectivity index (χ0) is 24.0. The van der Waals surface area contributed by atoms with E-state index < -0.39 is 23.4 Å². The molecule has 1 amide bonds. The Kier molecular flexibility index (Phi) is 5.59. The van der Waals surface area contributed by atoms with Crippen molar-refractivity contribution >= 4 is 17.5 Å².